The number of benzene rings is 2. The number of thiocarbonyl (C=S) groups is 1. The molecule has 0 unspecified atom stereocenters. The predicted octanol–water partition coefficient (Wildman–Crippen LogP) is 2.15. The Morgan fingerprint density at radius 1 is 1.04 bits per heavy atom. The minimum absolute atomic E-state index is 0.234. The van der Waals surface area contributed by atoms with Crippen molar-refractivity contribution < 1.29 is 18.7 Å². The van der Waals surface area contributed by atoms with E-state index in [9.17, 15) is 9.18 Å². The average Bonchev–Trinajstić information content (AvgIpc) is 2.64. The van der Waals surface area contributed by atoms with Gasteiger partial charge in [0, 0.05) is 12.1 Å². The van der Waals surface area contributed by atoms with E-state index >= 15 is 0 Å². The van der Waals surface area contributed by atoms with E-state index in [0.29, 0.717) is 23.6 Å². The summed E-state index contributed by atoms with van der Waals surface area (Å²) in [5, 5.41) is 3.14. The molecule has 2 aromatic rings. The molecule has 0 aliphatic carbocycles. The van der Waals surface area contributed by atoms with Gasteiger partial charge in [0.25, 0.3) is 5.91 Å². The van der Waals surface area contributed by atoms with Gasteiger partial charge in [0.15, 0.2) is 16.6 Å². The van der Waals surface area contributed by atoms with E-state index in [1.807, 2.05) is 0 Å². The van der Waals surface area contributed by atoms with Crippen LogP contribution >= 0.6 is 12.2 Å². The molecule has 0 heterocycles. The number of hydrazine groups is 1. The first-order chi connectivity index (χ1) is 12.0. The number of methoxy groups -OCH3 is 2. The summed E-state index contributed by atoms with van der Waals surface area (Å²) in [7, 11) is 3.01. The van der Waals surface area contributed by atoms with Gasteiger partial charge in [0.05, 0.1) is 14.2 Å². The third kappa shape index (κ3) is 5.32. The summed E-state index contributed by atoms with van der Waals surface area (Å²) < 4.78 is 23.1. The SMILES string of the molecule is COc1ccc(C(=O)NNC(=S)NCc2ccc(F)cc2)cc1OC. The first-order valence-corrected chi connectivity index (χ1v) is 7.75. The number of nitrogens with one attached hydrogen (secondary N) is 3. The summed E-state index contributed by atoms with van der Waals surface area (Å²) in [6.07, 6.45) is 0. The zero-order chi connectivity index (χ0) is 18.2. The average molecular weight is 363 g/mol. The lowest BCUT2D eigenvalue weighted by molar-refractivity contribution is 0.0943. The Balaban J connectivity index is 1.84. The van der Waals surface area contributed by atoms with E-state index in [1.165, 1.54) is 26.4 Å². The van der Waals surface area contributed by atoms with Crippen molar-refractivity contribution in [3.05, 3.63) is 59.4 Å². The molecular formula is C17H18FN3O3S. The van der Waals surface area contributed by atoms with Crippen LogP contribution in [0.5, 0.6) is 11.5 Å². The molecule has 0 aliphatic heterocycles. The number of hydrogen-bond donors (Lipinski definition) is 3. The van der Waals surface area contributed by atoms with Crippen molar-refractivity contribution in [2.75, 3.05) is 14.2 Å². The molecule has 0 radical (unpaired) electrons. The number of carbonyl (C=O) groups is 1. The van der Waals surface area contributed by atoms with Crippen molar-refractivity contribution >= 4 is 23.2 Å². The smallest absolute Gasteiger partial charge is 0.269 e. The Hall–Kier alpha value is -2.87. The molecule has 0 saturated carbocycles. The van der Waals surface area contributed by atoms with Gasteiger partial charge in [-0.3, -0.25) is 15.6 Å². The molecule has 0 atom stereocenters. The summed E-state index contributed by atoms with van der Waals surface area (Å²) in [6, 6.07) is 10.8. The van der Waals surface area contributed by atoms with Crippen LogP contribution in [0, 0.1) is 5.82 Å². The normalized spacial score (nSPS) is 9.88. The second-order valence-electron chi connectivity index (χ2n) is 4.96. The molecule has 6 nitrogen and oxygen atoms in total. The van der Waals surface area contributed by atoms with Crippen LogP contribution in [0.4, 0.5) is 4.39 Å². The van der Waals surface area contributed by atoms with E-state index in [2.05, 4.69) is 16.2 Å². The molecular weight excluding hydrogens is 345 g/mol. The van der Waals surface area contributed by atoms with Gasteiger partial charge in [-0.25, -0.2) is 4.39 Å². The monoisotopic (exact) mass is 363 g/mol. The van der Waals surface area contributed by atoms with E-state index in [-0.39, 0.29) is 16.8 Å². The Bertz CT molecular complexity index is 753. The molecule has 2 rings (SSSR count). The first-order valence-electron chi connectivity index (χ1n) is 7.34. The molecule has 0 bridgehead atoms. The lowest BCUT2D eigenvalue weighted by Crippen LogP contribution is -2.46. The van der Waals surface area contributed by atoms with E-state index in [0.717, 1.165) is 5.56 Å². The van der Waals surface area contributed by atoms with Crippen LogP contribution in [0.25, 0.3) is 0 Å². The fourth-order valence-corrected chi connectivity index (χ4v) is 2.12. The fourth-order valence-electron chi connectivity index (χ4n) is 1.99. The van der Waals surface area contributed by atoms with Crippen molar-refractivity contribution in [1.82, 2.24) is 16.2 Å². The van der Waals surface area contributed by atoms with Crippen LogP contribution in [0.2, 0.25) is 0 Å². The molecule has 0 fully saturated rings. The number of amides is 1. The maximum Gasteiger partial charge on any atom is 0.269 e. The van der Waals surface area contributed by atoms with Crippen LogP contribution in [-0.2, 0) is 6.54 Å². The van der Waals surface area contributed by atoms with Crippen LogP contribution in [0.3, 0.4) is 0 Å². The van der Waals surface area contributed by atoms with E-state index in [1.54, 1.807) is 30.3 Å². The van der Waals surface area contributed by atoms with Crippen molar-refractivity contribution in [1.29, 1.82) is 0 Å². The zero-order valence-corrected chi connectivity index (χ0v) is 14.6. The lowest BCUT2D eigenvalue weighted by atomic mass is 10.2. The highest BCUT2D eigenvalue weighted by Crippen LogP contribution is 2.27. The molecule has 0 aliphatic rings. The number of rotatable bonds is 5. The Morgan fingerprint density at radius 3 is 2.36 bits per heavy atom. The molecule has 1 amide bonds. The standard InChI is InChI=1S/C17H18FN3O3S/c1-23-14-8-5-12(9-15(14)24-2)16(22)20-21-17(25)19-10-11-3-6-13(18)7-4-11/h3-9H,10H2,1-2H3,(H,20,22)(H2,19,21,25). The van der Waals surface area contributed by atoms with Gasteiger partial charge in [-0.1, -0.05) is 12.1 Å². The van der Waals surface area contributed by atoms with Gasteiger partial charge in [-0.2, -0.15) is 0 Å². The van der Waals surface area contributed by atoms with E-state index < -0.39 is 0 Å². The lowest BCUT2D eigenvalue weighted by Gasteiger charge is -2.13. The maximum atomic E-state index is 12.8. The van der Waals surface area contributed by atoms with Crippen molar-refractivity contribution in [3.8, 4) is 11.5 Å². The quantitative estimate of drug-likeness (QED) is 0.559. The second-order valence-corrected chi connectivity index (χ2v) is 5.37. The number of hydrogen-bond acceptors (Lipinski definition) is 4. The van der Waals surface area contributed by atoms with E-state index in [4.69, 9.17) is 21.7 Å². The second kappa shape index (κ2) is 8.84. The summed E-state index contributed by atoms with van der Waals surface area (Å²) >= 11 is 5.08. The number of carbonyl (C=O) groups excluding carboxylic acids is 1. The van der Waals surface area contributed by atoms with Crippen LogP contribution in [0.15, 0.2) is 42.5 Å². The van der Waals surface area contributed by atoms with Gasteiger partial charge in [-0.15, -0.1) is 0 Å². The van der Waals surface area contributed by atoms with Crippen molar-refractivity contribution in [2.24, 2.45) is 0 Å². The maximum absolute atomic E-state index is 12.8. The third-order valence-electron chi connectivity index (χ3n) is 3.30. The van der Waals surface area contributed by atoms with Crippen molar-refractivity contribution in [2.45, 2.75) is 6.54 Å². The van der Waals surface area contributed by atoms with Crippen LogP contribution in [-0.4, -0.2) is 25.2 Å². The highest BCUT2D eigenvalue weighted by atomic mass is 32.1. The van der Waals surface area contributed by atoms with Gasteiger partial charge < -0.3 is 14.8 Å². The Kier molecular flexibility index (Phi) is 6.53. The van der Waals surface area contributed by atoms with Gasteiger partial charge in [0.2, 0.25) is 0 Å². The van der Waals surface area contributed by atoms with Crippen molar-refractivity contribution in [3.63, 3.8) is 0 Å². The molecule has 0 aromatic heterocycles. The molecule has 132 valence electrons. The predicted molar refractivity (Wildman–Crippen MR) is 96.0 cm³/mol. The minimum Gasteiger partial charge on any atom is -0.493 e. The topological polar surface area (TPSA) is 71.6 Å². The minimum atomic E-state index is -0.383. The summed E-state index contributed by atoms with van der Waals surface area (Å²) in [5.41, 5.74) is 6.33. The number of halogens is 1. The molecule has 2 aromatic carbocycles. The molecule has 25 heavy (non-hydrogen) atoms. The summed E-state index contributed by atoms with van der Waals surface area (Å²) in [4.78, 5) is 12.1. The zero-order valence-electron chi connectivity index (χ0n) is 13.8. The fraction of sp³-hybridized carbons (Fsp3) is 0.176. The van der Waals surface area contributed by atoms with Gasteiger partial charge >= 0.3 is 0 Å². The third-order valence-corrected chi connectivity index (χ3v) is 3.55. The van der Waals surface area contributed by atoms with Gasteiger partial charge in [0.1, 0.15) is 5.82 Å². The highest BCUT2D eigenvalue weighted by molar-refractivity contribution is 7.80. The Labute approximate surface area is 150 Å². The largest absolute Gasteiger partial charge is 0.493 e. The summed E-state index contributed by atoms with van der Waals surface area (Å²) in [6.45, 7) is 0.401. The summed E-state index contributed by atoms with van der Waals surface area (Å²) in [5.74, 6) is 0.300. The molecule has 0 spiro atoms. The molecule has 3 N–H and O–H groups in total. The van der Waals surface area contributed by atoms with Crippen LogP contribution < -0.4 is 25.6 Å². The molecule has 8 heteroatoms. The van der Waals surface area contributed by atoms with Gasteiger partial charge in [-0.05, 0) is 48.1 Å². The molecule has 0 saturated heterocycles. The Morgan fingerprint density at radius 2 is 1.72 bits per heavy atom. The highest BCUT2D eigenvalue weighted by Gasteiger charge is 2.10. The van der Waals surface area contributed by atoms with Crippen LogP contribution in [0.1, 0.15) is 15.9 Å². The number of ether oxygens (including phenoxy) is 2. The first kappa shape index (κ1) is 18.5.